The zero-order valence-electron chi connectivity index (χ0n) is 9.36. The van der Waals surface area contributed by atoms with E-state index in [1.807, 2.05) is 18.2 Å². The van der Waals surface area contributed by atoms with Crippen molar-refractivity contribution in [2.45, 2.75) is 13.1 Å². The molecule has 0 unspecified atom stereocenters. The molecule has 0 radical (unpaired) electrons. The number of nitrogens with zero attached hydrogens (tertiary/aromatic N) is 1. The van der Waals surface area contributed by atoms with Crippen LogP contribution in [0.15, 0.2) is 42.5 Å². The highest BCUT2D eigenvalue weighted by atomic mass is 19.1. The molecule has 3 nitrogen and oxygen atoms in total. The van der Waals surface area contributed by atoms with Crippen molar-refractivity contribution < 1.29 is 4.39 Å². The number of hydrogen-bond acceptors (Lipinski definition) is 3. The Hall–Kier alpha value is -1.94. The first-order chi connectivity index (χ1) is 8.29. The average molecular weight is 231 g/mol. The molecule has 0 spiro atoms. The van der Waals surface area contributed by atoms with Gasteiger partial charge in [0.2, 0.25) is 0 Å². The third-order valence-corrected chi connectivity index (χ3v) is 2.41. The Morgan fingerprint density at radius 1 is 1.06 bits per heavy atom. The smallest absolute Gasteiger partial charge is 0.146 e. The fourth-order valence-electron chi connectivity index (χ4n) is 1.53. The number of nitrogens with one attached hydrogen (secondary N) is 1. The largest absolute Gasteiger partial charge is 0.377 e. The molecule has 3 N–H and O–H groups in total. The second-order valence-electron chi connectivity index (χ2n) is 3.66. The first-order valence-corrected chi connectivity index (χ1v) is 5.43. The highest BCUT2D eigenvalue weighted by Crippen LogP contribution is 2.13. The molecule has 0 fully saturated rings. The highest BCUT2D eigenvalue weighted by molar-refractivity contribution is 5.44. The van der Waals surface area contributed by atoms with E-state index in [4.69, 9.17) is 5.73 Å². The molecular formula is C13H14FN3. The molecule has 1 heterocycles. The van der Waals surface area contributed by atoms with Gasteiger partial charge in [-0.3, -0.25) is 4.98 Å². The quantitative estimate of drug-likeness (QED) is 0.848. The summed E-state index contributed by atoms with van der Waals surface area (Å²) in [6.45, 7) is 0.891. The molecule has 2 rings (SSSR count). The van der Waals surface area contributed by atoms with Crippen molar-refractivity contribution in [1.82, 2.24) is 4.98 Å². The molecule has 1 aromatic carbocycles. The molecule has 0 atom stereocenters. The van der Waals surface area contributed by atoms with Gasteiger partial charge in [-0.25, -0.2) is 4.39 Å². The maximum absolute atomic E-state index is 13.3. The minimum Gasteiger partial charge on any atom is -0.377 e. The standard InChI is InChI=1S/C13H14FN3/c14-12-6-1-2-7-13(12)16-9-11-5-3-4-10(8-15)17-11/h1-7,16H,8-9,15H2. The van der Waals surface area contributed by atoms with Crippen LogP contribution in [0.25, 0.3) is 0 Å². The molecule has 0 saturated heterocycles. The summed E-state index contributed by atoms with van der Waals surface area (Å²) in [7, 11) is 0. The highest BCUT2D eigenvalue weighted by Gasteiger charge is 2.01. The van der Waals surface area contributed by atoms with Gasteiger partial charge in [0.1, 0.15) is 5.82 Å². The van der Waals surface area contributed by atoms with Crippen molar-refractivity contribution in [3.8, 4) is 0 Å². The minimum absolute atomic E-state index is 0.262. The number of rotatable bonds is 4. The van der Waals surface area contributed by atoms with E-state index in [1.165, 1.54) is 6.07 Å². The molecule has 4 heteroatoms. The molecule has 0 saturated carbocycles. The lowest BCUT2D eigenvalue weighted by Gasteiger charge is -2.07. The summed E-state index contributed by atoms with van der Waals surface area (Å²) in [5.74, 6) is -0.262. The molecule has 0 aliphatic rings. The number of halogens is 1. The number of aromatic nitrogens is 1. The summed E-state index contributed by atoms with van der Waals surface area (Å²) in [6.07, 6.45) is 0. The molecule has 88 valence electrons. The van der Waals surface area contributed by atoms with Crippen LogP contribution in [0.2, 0.25) is 0 Å². The van der Waals surface area contributed by atoms with E-state index in [-0.39, 0.29) is 5.82 Å². The van der Waals surface area contributed by atoms with E-state index in [1.54, 1.807) is 18.2 Å². The van der Waals surface area contributed by atoms with Crippen molar-refractivity contribution in [3.63, 3.8) is 0 Å². The number of anilines is 1. The second kappa shape index (κ2) is 5.41. The summed E-state index contributed by atoms with van der Waals surface area (Å²) in [6, 6.07) is 12.2. The summed E-state index contributed by atoms with van der Waals surface area (Å²) < 4.78 is 13.3. The lowest BCUT2D eigenvalue weighted by atomic mass is 10.2. The Morgan fingerprint density at radius 3 is 2.59 bits per heavy atom. The second-order valence-corrected chi connectivity index (χ2v) is 3.66. The fourth-order valence-corrected chi connectivity index (χ4v) is 1.53. The van der Waals surface area contributed by atoms with Gasteiger partial charge in [0.15, 0.2) is 0 Å². The van der Waals surface area contributed by atoms with Crippen molar-refractivity contribution in [1.29, 1.82) is 0 Å². The first-order valence-electron chi connectivity index (χ1n) is 5.43. The molecule has 17 heavy (non-hydrogen) atoms. The molecule has 2 aromatic rings. The van der Waals surface area contributed by atoms with Crippen LogP contribution in [0.1, 0.15) is 11.4 Å². The number of pyridine rings is 1. The molecule has 0 bridgehead atoms. The third-order valence-electron chi connectivity index (χ3n) is 2.41. The van der Waals surface area contributed by atoms with E-state index >= 15 is 0 Å². The molecule has 0 amide bonds. The number of hydrogen-bond donors (Lipinski definition) is 2. The van der Waals surface area contributed by atoms with E-state index in [0.29, 0.717) is 18.8 Å². The fraction of sp³-hybridized carbons (Fsp3) is 0.154. The van der Waals surface area contributed by atoms with Crippen LogP contribution in [0.4, 0.5) is 10.1 Å². The van der Waals surface area contributed by atoms with Gasteiger partial charge in [-0.1, -0.05) is 18.2 Å². The van der Waals surface area contributed by atoms with Crippen LogP contribution in [0, 0.1) is 5.82 Å². The Kier molecular flexibility index (Phi) is 3.67. The van der Waals surface area contributed by atoms with Crippen molar-refractivity contribution >= 4 is 5.69 Å². The van der Waals surface area contributed by atoms with Crippen LogP contribution >= 0.6 is 0 Å². The summed E-state index contributed by atoms with van der Waals surface area (Å²) in [5.41, 5.74) is 7.66. The van der Waals surface area contributed by atoms with Gasteiger partial charge in [-0.15, -0.1) is 0 Å². The maximum Gasteiger partial charge on any atom is 0.146 e. The average Bonchev–Trinajstić information content (AvgIpc) is 2.38. The zero-order chi connectivity index (χ0) is 12.1. The monoisotopic (exact) mass is 231 g/mol. The van der Waals surface area contributed by atoms with Gasteiger partial charge >= 0.3 is 0 Å². The van der Waals surface area contributed by atoms with Crippen LogP contribution in [-0.2, 0) is 13.1 Å². The normalized spacial score (nSPS) is 10.2. The van der Waals surface area contributed by atoms with Crippen LogP contribution < -0.4 is 11.1 Å². The van der Waals surface area contributed by atoms with E-state index in [9.17, 15) is 4.39 Å². The van der Waals surface area contributed by atoms with E-state index < -0.39 is 0 Å². The van der Waals surface area contributed by atoms with Crippen LogP contribution in [0.3, 0.4) is 0 Å². The third kappa shape index (κ3) is 3.01. The Labute approximate surface area is 99.5 Å². The molecule has 0 aliphatic heterocycles. The van der Waals surface area contributed by atoms with Gasteiger partial charge in [-0.05, 0) is 24.3 Å². The summed E-state index contributed by atoms with van der Waals surface area (Å²) in [4.78, 5) is 4.33. The van der Waals surface area contributed by atoms with Crippen LogP contribution in [0.5, 0.6) is 0 Å². The van der Waals surface area contributed by atoms with Crippen LogP contribution in [-0.4, -0.2) is 4.98 Å². The predicted octanol–water partition coefficient (Wildman–Crippen LogP) is 2.29. The maximum atomic E-state index is 13.3. The van der Waals surface area contributed by atoms with Gasteiger partial charge < -0.3 is 11.1 Å². The molecular weight excluding hydrogens is 217 g/mol. The topological polar surface area (TPSA) is 50.9 Å². The van der Waals surface area contributed by atoms with Crippen molar-refractivity contribution in [3.05, 3.63) is 59.7 Å². The van der Waals surface area contributed by atoms with Gasteiger partial charge in [0.25, 0.3) is 0 Å². The Morgan fingerprint density at radius 2 is 1.82 bits per heavy atom. The molecule has 0 aliphatic carbocycles. The van der Waals surface area contributed by atoms with Gasteiger partial charge in [-0.2, -0.15) is 0 Å². The lowest BCUT2D eigenvalue weighted by Crippen LogP contribution is -2.06. The first kappa shape index (κ1) is 11.5. The molecule has 1 aromatic heterocycles. The van der Waals surface area contributed by atoms with Gasteiger partial charge in [0.05, 0.1) is 23.6 Å². The Bertz CT molecular complexity index is 500. The predicted molar refractivity (Wildman–Crippen MR) is 65.9 cm³/mol. The Balaban J connectivity index is 2.05. The van der Waals surface area contributed by atoms with Crippen molar-refractivity contribution in [2.24, 2.45) is 5.73 Å². The number of benzene rings is 1. The summed E-state index contributed by atoms with van der Waals surface area (Å²) in [5, 5.41) is 3.00. The van der Waals surface area contributed by atoms with E-state index in [2.05, 4.69) is 10.3 Å². The SMILES string of the molecule is NCc1cccc(CNc2ccccc2F)n1. The van der Waals surface area contributed by atoms with Crippen molar-refractivity contribution in [2.75, 3.05) is 5.32 Å². The minimum atomic E-state index is -0.262. The lowest BCUT2D eigenvalue weighted by molar-refractivity contribution is 0.630. The van der Waals surface area contributed by atoms with Gasteiger partial charge in [0, 0.05) is 6.54 Å². The number of para-hydroxylation sites is 1. The zero-order valence-corrected chi connectivity index (χ0v) is 9.36. The number of nitrogens with two attached hydrogens (primary N) is 1. The summed E-state index contributed by atoms with van der Waals surface area (Å²) >= 11 is 0. The van der Waals surface area contributed by atoms with E-state index in [0.717, 1.165) is 11.4 Å².